The molecule has 1 aromatic rings. The summed E-state index contributed by atoms with van der Waals surface area (Å²) in [4.78, 5) is 22.4. The van der Waals surface area contributed by atoms with Gasteiger partial charge in [0.15, 0.2) is 17.8 Å². The topological polar surface area (TPSA) is 79.5 Å². The normalized spacial score (nSPS) is 10.9. The van der Waals surface area contributed by atoms with E-state index in [1.165, 1.54) is 68.6 Å². The van der Waals surface area contributed by atoms with E-state index in [1.54, 1.807) is 0 Å². The molecule has 0 fully saturated rings. The first-order valence-corrected chi connectivity index (χ1v) is 9.72. The Morgan fingerprint density at radius 3 is 1.84 bits per heavy atom. The van der Waals surface area contributed by atoms with Gasteiger partial charge in [-0.25, -0.2) is 0 Å². The standard InChI is InChI=1S/C20H33NO4/c1-2-3-4-5-6-7-8-9-10-11-12-13-14-21-15-18(23)20(25)19(24)17(21)16-22/h15-16,23-24H,2-14H2,1H3. The third-order valence-corrected chi connectivity index (χ3v) is 4.64. The van der Waals surface area contributed by atoms with Gasteiger partial charge in [-0.1, -0.05) is 77.6 Å². The highest BCUT2D eigenvalue weighted by Crippen LogP contribution is 2.16. The van der Waals surface area contributed by atoms with E-state index in [2.05, 4.69) is 6.92 Å². The summed E-state index contributed by atoms with van der Waals surface area (Å²) >= 11 is 0. The van der Waals surface area contributed by atoms with Crippen molar-refractivity contribution in [2.24, 2.45) is 0 Å². The van der Waals surface area contributed by atoms with Crippen molar-refractivity contribution in [3.63, 3.8) is 0 Å². The first-order chi connectivity index (χ1) is 12.1. The van der Waals surface area contributed by atoms with Crippen LogP contribution in [0.15, 0.2) is 11.0 Å². The van der Waals surface area contributed by atoms with Gasteiger partial charge in [0.05, 0.1) is 6.20 Å². The van der Waals surface area contributed by atoms with Crippen molar-refractivity contribution in [1.29, 1.82) is 0 Å². The van der Waals surface area contributed by atoms with Crippen molar-refractivity contribution in [3.8, 4) is 11.5 Å². The van der Waals surface area contributed by atoms with E-state index >= 15 is 0 Å². The Kier molecular flexibility index (Phi) is 10.7. The minimum atomic E-state index is -0.895. The molecule has 0 spiro atoms. The molecule has 2 N–H and O–H groups in total. The van der Waals surface area contributed by atoms with Crippen molar-refractivity contribution in [2.75, 3.05) is 0 Å². The zero-order valence-corrected chi connectivity index (χ0v) is 15.5. The molecule has 0 bridgehead atoms. The lowest BCUT2D eigenvalue weighted by Gasteiger charge is -2.11. The van der Waals surface area contributed by atoms with E-state index in [0.717, 1.165) is 19.3 Å². The summed E-state index contributed by atoms with van der Waals surface area (Å²) < 4.78 is 1.45. The lowest BCUT2D eigenvalue weighted by Crippen LogP contribution is -2.13. The molecule has 0 aliphatic heterocycles. The molecule has 1 rings (SSSR count). The van der Waals surface area contributed by atoms with Gasteiger partial charge in [0.2, 0.25) is 0 Å². The van der Waals surface area contributed by atoms with Crippen LogP contribution in [0, 0.1) is 0 Å². The molecule has 5 nitrogen and oxygen atoms in total. The van der Waals surface area contributed by atoms with E-state index in [0.29, 0.717) is 12.8 Å². The lowest BCUT2D eigenvalue weighted by molar-refractivity contribution is 0.111. The van der Waals surface area contributed by atoms with Crippen LogP contribution < -0.4 is 5.43 Å². The molecule has 0 saturated carbocycles. The quantitative estimate of drug-likeness (QED) is 0.374. The fraction of sp³-hybridized carbons (Fsp3) is 0.700. The Hall–Kier alpha value is -1.78. The van der Waals surface area contributed by atoms with E-state index in [1.807, 2.05) is 0 Å². The van der Waals surface area contributed by atoms with Gasteiger partial charge in [0.25, 0.3) is 5.43 Å². The lowest BCUT2D eigenvalue weighted by atomic mass is 10.1. The van der Waals surface area contributed by atoms with Crippen LogP contribution in [0.3, 0.4) is 0 Å². The zero-order valence-electron chi connectivity index (χ0n) is 15.5. The molecule has 142 valence electrons. The first kappa shape index (κ1) is 21.3. The van der Waals surface area contributed by atoms with E-state index in [9.17, 15) is 19.8 Å². The van der Waals surface area contributed by atoms with Crippen LogP contribution >= 0.6 is 0 Å². The van der Waals surface area contributed by atoms with Crippen molar-refractivity contribution >= 4 is 6.29 Å². The van der Waals surface area contributed by atoms with Crippen molar-refractivity contribution in [3.05, 3.63) is 22.1 Å². The number of rotatable bonds is 14. The summed E-state index contributed by atoms with van der Waals surface area (Å²) in [5, 5.41) is 19.1. The number of aryl methyl sites for hydroxylation is 1. The second-order valence-corrected chi connectivity index (χ2v) is 6.78. The maximum Gasteiger partial charge on any atom is 0.265 e. The summed E-state index contributed by atoms with van der Waals surface area (Å²) in [5.41, 5.74) is -0.959. The molecule has 0 aromatic carbocycles. The number of carbonyl (C=O) groups is 1. The van der Waals surface area contributed by atoms with Crippen molar-refractivity contribution < 1.29 is 15.0 Å². The molecule has 0 atom stereocenters. The van der Waals surface area contributed by atoms with Gasteiger partial charge in [-0.2, -0.15) is 0 Å². The summed E-state index contributed by atoms with van der Waals surface area (Å²) in [6.07, 6.45) is 16.6. The van der Waals surface area contributed by atoms with E-state index in [4.69, 9.17) is 0 Å². The van der Waals surface area contributed by atoms with Crippen LogP contribution in [0.2, 0.25) is 0 Å². The van der Waals surface area contributed by atoms with Crippen LogP contribution in [0.5, 0.6) is 11.5 Å². The molecular formula is C20H33NO4. The number of unbranched alkanes of at least 4 members (excludes halogenated alkanes) is 11. The zero-order chi connectivity index (χ0) is 18.5. The second-order valence-electron chi connectivity index (χ2n) is 6.78. The van der Waals surface area contributed by atoms with Gasteiger partial charge in [0, 0.05) is 6.54 Å². The third-order valence-electron chi connectivity index (χ3n) is 4.64. The molecule has 1 aromatic heterocycles. The average Bonchev–Trinajstić information content (AvgIpc) is 2.61. The van der Waals surface area contributed by atoms with Crippen LogP contribution in [-0.4, -0.2) is 21.1 Å². The fourth-order valence-electron chi connectivity index (χ4n) is 3.08. The highest BCUT2D eigenvalue weighted by Gasteiger charge is 2.13. The monoisotopic (exact) mass is 351 g/mol. The Labute approximate surface area is 150 Å². The van der Waals surface area contributed by atoms with Crippen LogP contribution in [0.1, 0.15) is 94.5 Å². The summed E-state index contributed by atoms with van der Waals surface area (Å²) in [5.74, 6) is -1.20. The molecule has 25 heavy (non-hydrogen) atoms. The maximum absolute atomic E-state index is 11.4. The number of hydrogen-bond acceptors (Lipinski definition) is 4. The van der Waals surface area contributed by atoms with Gasteiger partial charge in [0.1, 0.15) is 5.69 Å². The second kappa shape index (κ2) is 12.6. The number of hydrogen-bond donors (Lipinski definition) is 2. The Bertz CT molecular complexity index is 566. The number of nitrogens with zero attached hydrogens (tertiary/aromatic N) is 1. The highest BCUT2D eigenvalue weighted by atomic mass is 16.3. The minimum absolute atomic E-state index is 0.0640. The van der Waals surface area contributed by atoms with Crippen LogP contribution in [0.25, 0.3) is 0 Å². The minimum Gasteiger partial charge on any atom is -0.503 e. The Morgan fingerprint density at radius 1 is 0.880 bits per heavy atom. The molecule has 0 saturated heterocycles. The molecule has 0 amide bonds. The number of aldehydes is 1. The Balaban J connectivity index is 2.14. The van der Waals surface area contributed by atoms with Crippen LogP contribution in [0.4, 0.5) is 0 Å². The molecule has 0 radical (unpaired) electrons. The fourth-order valence-corrected chi connectivity index (χ4v) is 3.08. The SMILES string of the molecule is CCCCCCCCCCCCCCn1cc(O)c(=O)c(O)c1C=O. The van der Waals surface area contributed by atoms with Crippen molar-refractivity contribution in [2.45, 2.75) is 90.5 Å². The number of pyridine rings is 1. The smallest absolute Gasteiger partial charge is 0.265 e. The predicted molar refractivity (Wildman–Crippen MR) is 100 cm³/mol. The van der Waals surface area contributed by atoms with E-state index < -0.39 is 16.9 Å². The molecular weight excluding hydrogens is 318 g/mol. The first-order valence-electron chi connectivity index (χ1n) is 9.72. The highest BCUT2D eigenvalue weighted by molar-refractivity contribution is 5.76. The van der Waals surface area contributed by atoms with Gasteiger partial charge >= 0.3 is 0 Å². The molecule has 0 aliphatic rings. The Morgan fingerprint density at radius 2 is 1.36 bits per heavy atom. The number of aromatic nitrogens is 1. The van der Waals surface area contributed by atoms with Gasteiger partial charge in [-0.3, -0.25) is 9.59 Å². The summed E-state index contributed by atoms with van der Waals surface area (Å²) in [6.45, 7) is 2.75. The molecule has 0 unspecified atom stereocenters. The summed E-state index contributed by atoms with van der Waals surface area (Å²) in [6, 6.07) is 0. The molecule has 5 heteroatoms. The maximum atomic E-state index is 11.4. The largest absolute Gasteiger partial charge is 0.503 e. The van der Waals surface area contributed by atoms with Gasteiger partial charge in [-0.15, -0.1) is 0 Å². The van der Waals surface area contributed by atoms with Crippen molar-refractivity contribution in [1.82, 2.24) is 4.57 Å². The molecule has 0 aliphatic carbocycles. The van der Waals surface area contributed by atoms with Gasteiger partial charge < -0.3 is 14.8 Å². The summed E-state index contributed by atoms with van der Waals surface area (Å²) in [7, 11) is 0. The van der Waals surface area contributed by atoms with Crippen LogP contribution in [-0.2, 0) is 6.54 Å². The van der Waals surface area contributed by atoms with E-state index in [-0.39, 0.29) is 5.69 Å². The predicted octanol–water partition coefficient (Wildman–Crippen LogP) is 4.77. The molecule has 1 heterocycles. The third kappa shape index (κ3) is 7.76. The number of aromatic hydroxyl groups is 2. The average molecular weight is 351 g/mol. The number of carbonyl (C=O) groups excluding carboxylic acids is 1. The van der Waals surface area contributed by atoms with Gasteiger partial charge in [-0.05, 0) is 6.42 Å².